The van der Waals surface area contributed by atoms with Gasteiger partial charge >= 0.3 is 0 Å². The lowest BCUT2D eigenvalue weighted by Gasteiger charge is -2.52. The lowest BCUT2D eigenvalue weighted by atomic mass is 9.63. The van der Waals surface area contributed by atoms with Crippen LogP contribution in [0, 0.1) is 17.7 Å². The summed E-state index contributed by atoms with van der Waals surface area (Å²) in [6.07, 6.45) is 6.11. The number of amides is 1. The Kier molecular flexibility index (Phi) is 4.79. The summed E-state index contributed by atoms with van der Waals surface area (Å²) in [6.45, 7) is 2.96. The fourth-order valence-electron chi connectivity index (χ4n) is 5.73. The Morgan fingerprint density at radius 1 is 1.15 bits per heavy atom. The predicted octanol–water partition coefficient (Wildman–Crippen LogP) is 3.06. The van der Waals surface area contributed by atoms with Crippen LogP contribution in [0.4, 0.5) is 4.39 Å². The average Bonchev–Trinajstić information content (AvgIpc) is 2.99. The highest BCUT2D eigenvalue weighted by Crippen LogP contribution is 2.51. The summed E-state index contributed by atoms with van der Waals surface area (Å²) in [6, 6.07) is 4.78. The molecule has 5 nitrogen and oxygen atoms in total. The van der Waals surface area contributed by atoms with E-state index >= 15 is 0 Å². The molecule has 0 radical (unpaired) electrons. The second kappa shape index (κ2) is 6.85. The largest absolute Gasteiger partial charge is 0.337 e. The lowest BCUT2D eigenvalue weighted by Crippen LogP contribution is -2.59. The van der Waals surface area contributed by atoms with E-state index in [1.54, 1.807) is 0 Å². The first-order chi connectivity index (χ1) is 12.8. The molecule has 27 heavy (non-hydrogen) atoms. The van der Waals surface area contributed by atoms with E-state index in [4.69, 9.17) is 0 Å². The molecule has 4 atom stereocenters. The fourth-order valence-corrected chi connectivity index (χ4v) is 7.09. The van der Waals surface area contributed by atoms with Crippen molar-refractivity contribution in [1.82, 2.24) is 9.62 Å². The van der Waals surface area contributed by atoms with Crippen LogP contribution in [0.3, 0.4) is 0 Å². The number of carbonyl (C=O) groups excluding carboxylic acids is 1. The molecule has 0 aromatic heterocycles. The van der Waals surface area contributed by atoms with Crippen LogP contribution in [-0.2, 0) is 14.8 Å². The number of hydrogen-bond acceptors (Lipinski definition) is 3. The van der Waals surface area contributed by atoms with Gasteiger partial charge in [-0.25, -0.2) is 17.5 Å². The van der Waals surface area contributed by atoms with Gasteiger partial charge in [-0.2, -0.15) is 0 Å². The van der Waals surface area contributed by atoms with Crippen molar-refractivity contribution in [2.75, 3.05) is 6.54 Å². The predicted molar refractivity (Wildman–Crippen MR) is 99.9 cm³/mol. The van der Waals surface area contributed by atoms with E-state index in [1.807, 2.05) is 0 Å². The quantitative estimate of drug-likeness (QED) is 0.857. The Labute approximate surface area is 160 Å². The summed E-state index contributed by atoms with van der Waals surface area (Å²) in [5, 5.41) is 0. The van der Waals surface area contributed by atoms with Crippen LogP contribution in [0.15, 0.2) is 29.2 Å². The summed E-state index contributed by atoms with van der Waals surface area (Å²) < 4.78 is 41.5. The summed E-state index contributed by atoms with van der Waals surface area (Å²) >= 11 is 0. The zero-order valence-electron chi connectivity index (χ0n) is 15.7. The van der Waals surface area contributed by atoms with E-state index in [9.17, 15) is 17.6 Å². The molecule has 4 rings (SSSR count). The molecule has 1 amide bonds. The standard InChI is InChI=1S/C20H27FN2O3S/c1-14-17-4-2-5-19(24)23-13-3-11-20(17,23)12-10-18(14)22-27(25,26)16-8-6-15(21)7-9-16/h6-9,14,17-18,22H,2-5,10-13H2,1H3/t14-,17+,18+,20-/m1/s1. The Bertz CT molecular complexity index is 826. The zero-order chi connectivity index (χ0) is 19.2. The maximum Gasteiger partial charge on any atom is 0.240 e. The van der Waals surface area contributed by atoms with Crippen molar-refractivity contribution in [3.05, 3.63) is 30.1 Å². The van der Waals surface area contributed by atoms with E-state index in [1.165, 1.54) is 24.3 Å². The summed E-state index contributed by atoms with van der Waals surface area (Å²) in [7, 11) is -3.69. The average molecular weight is 395 g/mol. The second-order valence-corrected chi connectivity index (χ2v) is 10.0. The van der Waals surface area contributed by atoms with Crippen molar-refractivity contribution in [2.45, 2.75) is 68.3 Å². The maximum absolute atomic E-state index is 13.1. The number of benzene rings is 1. The molecule has 1 saturated carbocycles. The van der Waals surface area contributed by atoms with Crippen molar-refractivity contribution < 1.29 is 17.6 Å². The molecule has 7 heteroatoms. The normalized spacial score (nSPS) is 34.1. The van der Waals surface area contributed by atoms with Crippen LogP contribution >= 0.6 is 0 Å². The maximum atomic E-state index is 13.1. The van der Waals surface area contributed by atoms with Gasteiger partial charge in [-0.1, -0.05) is 6.92 Å². The Morgan fingerprint density at radius 2 is 1.89 bits per heavy atom. The van der Waals surface area contributed by atoms with Crippen molar-refractivity contribution in [1.29, 1.82) is 0 Å². The second-order valence-electron chi connectivity index (χ2n) is 8.33. The van der Waals surface area contributed by atoms with Crippen LogP contribution in [0.25, 0.3) is 0 Å². The van der Waals surface area contributed by atoms with Gasteiger partial charge in [0.15, 0.2) is 0 Å². The van der Waals surface area contributed by atoms with Gasteiger partial charge in [0.2, 0.25) is 15.9 Å². The SMILES string of the molecule is C[C@H]1[C@@H](NS(=O)(=O)c2ccc(F)cc2)CC[C@@]23CCCN2C(=O)CCC[C@@H]13. The van der Waals surface area contributed by atoms with Gasteiger partial charge in [-0.05, 0) is 74.6 Å². The van der Waals surface area contributed by atoms with Crippen LogP contribution < -0.4 is 4.72 Å². The molecule has 1 spiro atoms. The smallest absolute Gasteiger partial charge is 0.240 e. The van der Waals surface area contributed by atoms with Gasteiger partial charge in [0.1, 0.15) is 5.82 Å². The number of carbonyl (C=O) groups is 1. The highest BCUT2D eigenvalue weighted by molar-refractivity contribution is 7.89. The van der Waals surface area contributed by atoms with Gasteiger partial charge in [-0.15, -0.1) is 0 Å². The van der Waals surface area contributed by atoms with E-state index in [0.29, 0.717) is 12.3 Å². The fraction of sp³-hybridized carbons (Fsp3) is 0.650. The summed E-state index contributed by atoms with van der Waals surface area (Å²) in [5.41, 5.74) is -0.0786. The molecule has 1 aromatic rings. The van der Waals surface area contributed by atoms with E-state index in [-0.39, 0.29) is 28.3 Å². The number of halogens is 1. The van der Waals surface area contributed by atoms with Crippen LogP contribution in [0.2, 0.25) is 0 Å². The Balaban J connectivity index is 1.57. The highest BCUT2D eigenvalue weighted by Gasteiger charge is 2.55. The summed E-state index contributed by atoms with van der Waals surface area (Å²) in [4.78, 5) is 14.8. The van der Waals surface area contributed by atoms with Crippen LogP contribution in [0.1, 0.15) is 51.9 Å². The molecule has 2 saturated heterocycles. The molecule has 1 aliphatic carbocycles. The molecule has 1 N–H and O–H groups in total. The first-order valence-corrected chi connectivity index (χ1v) is 11.4. The van der Waals surface area contributed by atoms with Gasteiger partial charge < -0.3 is 4.90 Å². The van der Waals surface area contributed by atoms with Crippen molar-refractivity contribution in [3.8, 4) is 0 Å². The number of rotatable bonds is 3. The third-order valence-corrected chi connectivity index (χ3v) is 8.52. The third-order valence-electron chi connectivity index (χ3n) is 7.01. The van der Waals surface area contributed by atoms with E-state index < -0.39 is 15.8 Å². The lowest BCUT2D eigenvalue weighted by molar-refractivity contribution is -0.138. The van der Waals surface area contributed by atoms with Crippen LogP contribution in [-0.4, -0.2) is 37.4 Å². The zero-order valence-corrected chi connectivity index (χ0v) is 16.5. The molecule has 3 fully saturated rings. The molecule has 0 bridgehead atoms. The van der Waals surface area contributed by atoms with Gasteiger partial charge in [-0.3, -0.25) is 4.79 Å². The number of nitrogens with one attached hydrogen (secondary N) is 1. The minimum atomic E-state index is -3.69. The summed E-state index contributed by atoms with van der Waals surface area (Å²) in [5.74, 6) is 0.292. The molecule has 148 valence electrons. The number of sulfonamides is 1. The molecule has 1 aromatic carbocycles. The minimum absolute atomic E-state index is 0.0786. The first kappa shape index (κ1) is 18.9. The topological polar surface area (TPSA) is 66.5 Å². The Morgan fingerprint density at radius 3 is 2.63 bits per heavy atom. The van der Waals surface area contributed by atoms with Crippen molar-refractivity contribution in [3.63, 3.8) is 0 Å². The van der Waals surface area contributed by atoms with Crippen molar-refractivity contribution >= 4 is 15.9 Å². The number of hydrogen-bond donors (Lipinski definition) is 1. The van der Waals surface area contributed by atoms with Gasteiger partial charge in [0.25, 0.3) is 0 Å². The molecule has 3 aliphatic rings. The highest BCUT2D eigenvalue weighted by atomic mass is 32.2. The molecule has 2 aliphatic heterocycles. The van der Waals surface area contributed by atoms with Gasteiger partial charge in [0, 0.05) is 24.5 Å². The molecule has 0 unspecified atom stereocenters. The molecular formula is C20H27FN2O3S. The van der Waals surface area contributed by atoms with Gasteiger partial charge in [0.05, 0.1) is 4.90 Å². The monoisotopic (exact) mass is 394 g/mol. The van der Waals surface area contributed by atoms with E-state index in [0.717, 1.165) is 45.1 Å². The van der Waals surface area contributed by atoms with E-state index in [2.05, 4.69) is 16.5 Å². The third kappa shape index (κ3) is 3.18. The Hall–Kier alpha value is -1.47. The molecule has 2 heterocycles. The number of nitrogens with zero attached hydrogens (tertiary/aromatic N) is 1. The van der Waals surface area contributed by atoms with Crippen LogP contribution in [0.5, 0.6) is 0 Å². The van der Waals surface area contributed by atoms with Crippen molar-refractivity contribution in [2.24, 2.45) is 11.8 Å². The first-order valence-electron chi connectivity index (χ1n) is 9.92. The molecular weight excluding hydrogens is 367 g/mol. The minimum Gasteiger partial charge on any atom is -0.337 e.